The minimum absolute atomic E-state index is 0.153. The number of halogens is 2. The fraction of sp³-hybridized carbons (Fsp3) is 0.0625. The molecule has 0 spiro atoms. The van der Waals surface area contributed by atoms with Crippen LogP contribution in [0.15, 0.2) is 57.5 Å². The Morgan fingerprint density at radius 2 is 1.83 bits per heavy atom. The summed E-state index contributed by atoms with van der Waals surface area (Å²) < 4.78 is 23.8. The summed E-state index contributed by atoms with van der Waals surface area (Å²) in [5, 5.41) is 3.84. The standard InChI is InChI=1S/C16H10BrFN2O3/c17-12-5-1-10(2-6-12)15-19-14(23-20-15)9-22-16(21)11-3-7-13(18)8-4-11/h1-8H,9H2. The van der Waals surface area contributed by atoms with Gasteiger partial charge in [-0.3, -0.25) is 0 Å². The number of nitrogens with zero attached hydrogens (tertiary/aromatic N) is 2. The molecule has 23 heavy (non-hydrogen) atoms. The summed E-state index contributed by atoms with van der Waals surface area (Å²) in [5.41, 5.74) is 1.03. The first-order chi connectivity index (χ1) is 11.1. The number of hydrogen-bond acceptors (Lipinski definition) is 5. The highest BCUT2D eigenvalue weighted by Gasteiger charge is 2.12. The molecule has 7 heteroatoms. The van der Waals surface area contributed by atoms with Crippen molar-refractivity contribution in [3.8, 4) is 11.4 Å². The lowest BCUT2D eigenvalue weighted by molar-refractivity contribution is 0.0430. The number of rotatable bonds is 4. The number of carbonyl (C=O) groups is 1. The molecule has 0 radical (unpaired) electrons. The van der Waals surface area contributed by atoms with Crippen LogP contribution in [0.4, 0.5) is 4.39 Å². The van der Waals surface area contributed by atoms with E-state index in [4.69, 9.17) is 9.26 Å². The van der Waals surface area contributed by atoms with E-state index in [2.05, 4.69) is 26.1 Å². The van der Waals surface area contributed by atoms with E-state index in [1.807, 2.05) is 24.3 Å². The Bertz CT molecular complexity index is 816. The van der Waals surface area contributed by atoms with Crippen molar-refractivity contribution in [2.75, 3.05) is 0 Å². The maximum atomic E-state index is 12.8. The molecule has 3 rings (SSSR count). The molecule has 0 N–H and O–H groups in total. The van der Waals surface area contributed by atoms with Gasteiger partial charge >= 0.3 is 5.97 Å². The van der Waals surface area contributed by atoms with Gasteiger partial charge in [-0.2, -0.15) is 4.98 Å². The molecule has 0 bridgehead atoms. The molecule has 1 heterocycles. The first kappa shape index (κ1) is 15.4. The van der Waals surface area contributed by atoms with Crippen LogP contribution < -0.4 is 0 Å². The quantitative estimate of drug-likeness (QED) is 0.644. The zero-order valence-corrected chi connectivity index (χ0v) is 13.3. The molecule has 0 aliphatic rings. The lowest BCUT2D eigenvalue weighted by Crippen LogP contribution is -2.05. The van der Waals surface area contributed by atoms with Crippen LogP contribution in [0, 0.1) is 5.82 Å². The maximum absolute atomic E-state index is 12.8. The van der Waals surface area contributed by atoms with Gasteiger partial charge in [0.2, 0.25) is 5.82 Å². The Morgan fingerprint density at radius 3 is 2.52 bits per heavy atom. The van der Waals surface area contributed by atoms with Crippen LogP contribution in [0.3, 0.4) is 0 Å². The molecule has 0 aliphatic heterocycles. The highest BCUT2D eigenvalue weighted by Crippen LogP contribution is 2.19. The molecule has 0 amide bonds. The number of aromatic nitrogens is 2. The van der Waals surface area contributed by atoms with Gasteiger partial charge in [0.05, 0.1) is 5.56 Å². The first-order valence-electron chi connectivity index (χ1n) is 6.63. The van der Waals surface area contributed by atoms with Crippen molar-refractivity contribution < 1.29 is 18.4 Å². The van der Waals surface area contributed by atoms with Crippen molar-refractivity contribution in [2.45, 2.75) is 6.61 Å². The lowest BCUT2D eigenvalue weighted by atomic mass is 10.2. The Balaban J connectivity index is 1.64. The minimum atomic E-state index is -0.589. The number of ether oxygens (including phenoxy) is 1. The summed E-state index contributed by atoms with van der Waals surface area (Å²) in [6, 6.07) is 12.5. The molecule has 0 fully saturated rings. The number of esters is 1. The molecular formula is C16H10BrFN2O3. The predicted octanol–water partition coefficient (Wildman–Crippen LogP) is 4.00. The number of hydrogen-bond donors (Lipinski definition) is 0. The zero-order chi connectivity index (χ0) is 16.2. The van der Waals surface area contributed by atoms with Gasteiger partial charge in [0.25, 0.3) is 5.89 Å². The van der Waals surface area contributed by atoms with E-state index in [9.17, 15) is 9.18 Å². The molecule has 0 saturated heterocycles. The van der Waals surface area contributed by atoms with Gasteiger partial charge < -0.3 is 9.26 Å². The summed E-state index contributed by atoms with van der Waals surface area (Å²) in [5.74, 6) is -0.422. The molecule has 1 aromatic heterocycles. The fourth-order valence-corrected chi connectivity index (χ4v) is 2.09. The molecule has 116 valence electrons. The van der Waals surface area contributed by atoms with Gasteiger partial charge in [-0.15, -0.1) is 0 Å². The van der Waals surface area contributed by atoms with E-state index in [1.54, 1.807) is 0 Å². The summed E-state index contributed by atoms with van der Waals surface area (Å²) >= 11 is 3.35. The van der Waals surface area contributed by atoms with E-state index in [0.29, 0.717) is 5.82 Å². The predicted molar refractivity (Wildman–Crippen MR) is 83.0 cm³/mol. The Kier molecular flexibility index (Phi) is 4.47. The van der Waals surface area contributed by atoms with Crippen LogP contribution in [0.25, 0.3) is 11.4 Å². The topological polar surface area (TPSA) is 65.2 Å². The smallest absolute Gasteiger partial charge is 0.338 e. The molecule has 3 aromatic rings. The zero-order valence-electron chi connectivity index (χ0n) is 11.7. The van der Waals surface area contributed by atoms with Crippen LogP contribution in [-0.2, 0) is 11.3 Å². The first-order valence-corrected chi connectivity index (χ1v) is 7.42. The SMILES string of the molecule is O=C(OCc1nc(-c2ccc(Br)cc2)no1)c1ccc(F)cc1. The molecule has 0 aliphatic carbocycles. The van der Waals surface area contributed by atoms with Gasteiger partial charge in [0, 0.05) is 10.0 Å². The van der Waals surface area contributed by atoms with Gasteiger partial charge in [0.15, 0.2) is 6.61 Å². The van der Waals surface area contributed by atoms with Crippen molar-refractivity contribution in [3.63, 3.8) is 0 Å². The van der Waals surface area contributed by atoms with Gasteiger partial charge in [-0.1, -0.05) is 21.1 Å². The molecule has 0 unspecified atom stereocenters. The molecule has 2 aromatic carbocycles. The van der Waals surface area contributed by atoms with Gasteiger partial charge in [-0.25, -0.2) is 9.18 Å². The Labute approximate surface area is 139 Å². The van der Waals surface area contributed by atoms with Crippen LogP contribution in [0.1, 0.15) is 16.2 Å². The van der Waals surface area contributed by atoms with Crippen molar-refractivity contribution >= 4 is 21.9 Å². The van der Waals surface area contributed by atoms with E-state index in [1.165, 1.54) is 24.3 Å². The molecule has 5 nitrogen and oxygen atoms in total. The molecule has 0 atom stereocenters. The normalized spacial score (nSPS) is 10.5. The summed E-state index contributed by atoms with van der Waals surface area (Å²) in [6.07, 6.45) is 0. The van der Waals surface area contributed by atoms with Crippen LogP contribution in [0.2, 0.25) is 0 Å². The monoisotopic (exact) mass is 376 g/mol. The van der Waals surface area contributed by atoms with Crippen LogP contribution >= 0.6 is 15.9 Å². The third kappa shape index (κ3) is 3.81. The Morgan fingerprint density at radius 1 is 1.13 bits per heavy atom. The number of carbonyl (C=O) groups excluding carboxylic acids is 1. The second kappa shape index (κ2) is 6.70. The Hall–Kier alpha value is -2.54. The van der Waals surface area contributed by atoms with Crippen LogP contribution in [0.5, 0.6) is 0 Å². The van der Waals surface area contributed by atoms with Crippen LogP contribution in [-0.4, -0.2) is 16.1 Å². The second-order valence-corrected chi connectivity index (χ2v) is 5.52. The second-order valence-electron chi connectivity index (χ2n) is 4.60. The van der Waals surface area contributed by atoms with E-state index >= 15 is 0 Å². The summed E-state index contributed by atoms with van der Waals surface area (Å²) in [4.78, 5) is 16.0. The van der Waals surface area contributed by atoms with Crippen molar-refractivity contribution in [2.24, 2.45) is 0 Å². The fourth-order valence-electron chi connectivity index (χ4n) is 1.83. The van der Waals surface area contributed by atoms with Crippen molar-refractivity contribution in [3.05, 3.63) is 70.3 Å². The van der Waals surface area contributed by atoms with E-state index < -0.39 is 11.8 Å². The molecular weight excluding hydrogens is 367 g/mol. The van der Waals surface area contributed by atoms with Gasteiger partial charge in [-0.05, 0) is 48.5 Å². The summed E-state index contributed by atoms with van der Waals surface area (Å²) in [6.45, 7) is -0.153. The summed E-state index contributed by atoms with van der Waals surface area (Å²) in [7, 11) is 0. The lowest BCUT2D eigenvalue weighted by Gasteiger charge is -2.01. The third-order valence-corrected chi connectivity index (χ3v) is 3.51. The molecule has 0 saturated carbocycles. The third-order valence-electron chi connectivity index (χ3n) is 2.98. The number of benzene rings is 2. The maximum Gasteiger partial charge on any atom is 0.338 e. The van der Waals surface area contributed by atoms with E-state index in [0.717, 1.165) is 10.0 Å². The van der Waals surface area contributed by atoms with Crippen molar-refractivity contribution in [1.82, 2.24) is 10.1 Å². The minimum Gasteiger partial charge on any atom is -0.452 e. The largest absolute Gasteiger partial charge is 0.452 e. The highest BCUT2D eigenvalue weighted by molar-refractivity contribution is 9.10. The average Bonchev–Trinajstić information content (AvgIpc) is 3.03. The van der Waals surface area contributed by atoms with Crippen molar-refractivity contribution in [1.29, 1.82) is 0 Å². The average molecular weight is 377 g/mol. The highest BCUT2D eigenvalue weighted by atomic mass is 79.9. The van der Waals surface area contributed by atoms with Gasteiger partial charge in [0.1, 0.15) is 5.82 Å². The van der Waals surface area contributed by atoms with E-state index in [-0.39, 0.29) is 18.1 Å².